The number of hydrogen-bond donors (Lipinski definition) is 0. The summed E-state index contributed by atoms with van der Waals surface area (Å²) in [5.74, 6) is -4.87. The normalized spacial score (nSPS) is 10.9. The van der Waals surface area contributed by atoms with Crippen LogP contribution in [0.4, 0.5) is 22.0 Å². The van der Waals surface area contributed by atoms with E-state index in [-0.39, 0.29) is 56.1 Å². The Bertz CT molecular complexity index is 1690. The first-order chi connectivity index (χ1) is 18.9. The molecule has 0 bridgehead atoms. The number of halogens is 5. The summed E-state index contributed by atoms with van der Waals surface area (Å²) in [5.41, 5.74) is -0.249. The molecule has 0 amide bonds. The van der Waals surface area contributed by atoms with Crippen LogP contribution in [0.3, 0.4) is 0 Å². The Kier molecular flexibility index (Phi) is 7.02. The van der Waals surface area contributed by atoms with Crippen LogP contribution >= 0.6 is 0 Å². The van der Waals surface area contributed by atoms with E-state index in [0.29, 0.717) is 0 Å². The molecule has 8 heteroatoms. The molecule has 4 aromatic carbocycles. The van der Waals surface area contributed by atoms with Gasteiger partial charge in [-0.05, 0) is 42.5 Å². The number of methoxy groups -OCH3 is 2. The Morgan fingerprint density at radius 1 is 0.538 bits per heavy atom. The second kappa shape index (κ2) is 10.6. The highest BCUT2D eigenvalue weighted by Crippen LogP contribution is 2.56. The molecule has 196 valence electrons. The van der Waals surface area contributed by atoms with E-state index in [1.807, 2.05) is 0 Å². The molecule has 5 aromatic rings. The van der Waals surface area contributed by atoms with Gasteiger partial charge in [0.15, 0.2) is 23.1 Å². The highest BCUT2D eigenvalue weighted by atomic mass is 19.2. The standard InChI is InChI=1S/C31H20F5NO2/c1-38-30-26(19-9-7-11-23(35)29(19)36)25(18-8-3-4-10-21(18)33)28(24-12-5-6-15-37-24)27(31(30)39-2)20-16-17(32)13-14-22(20)34/h3-16H,1-2H3. The first kappa shape index (κ1) is 25.9. The summed E-state index contributed by atoms with van der Waals surface area (Å²) in [6.45, 7) is 0. The first-order valence-corrected chi connectivity index (χ1v) is 11.7. The van der Waals surface area contributed by atoms with Gasteiger partial charge in [-0.1, -0.05) is 36.4 Å². The molecule has 39 heavy (non-hydrogen) atoms. The van der Waals surface area contributed by atoms with Crippen molar-refractivity contribution in [2.24, 2.45) is 0 Å². The smallest absolute Gasteiger partial charge is 0.170 e. The van der Waals surface area contributed by atoms with Crippen molar-refractivity contribution in [3.8, 4) is 56.1 Å². The summed E-state index contributed by atoms with van der Waals surface area (Å²) in [4.78, 5) is 4.41. The highest BCUT2D eigenvalue weighted by Gasteiger charge is 2.33. The van der Waals surface area contributed by atoms with Crippen molar-refractivity contribution >= 4 is 0 Å². The Balaban J connectivity index is 2.13. The van der Waals surface area contributed by atoms with Crippen LogP contribution in [0.15, 0.2) is 85.1 Å². The van der Waals surface area contributed by atoms with Gasteiger partial charge in [0.25, 0.3) is 0 Å². The third-order valence-corrected chi connectivity index (χ3v) is 6.30. The minimum absolute atomic E-state index is 0.0103. The topological polar surface area (TPSA) is 31.4 Å². The van der Waals surface area contributed by atoms with Crippen molar-refractivity contribution in [2.75, 3.05) is 14.2 Å². The molecule has 0 aliphatic carbocycles. The van der Waals surface area contributed by atoms with Crippen LogP contribution in [-0.2, 0) is 0 Å². The second-order valence-electron chi connectivity index (χ2n) is 8.49. The zero-order valence-corrected chi connectivity index (χ0v) is 20.7. The third-order valence-electron chi connectivity index (χ3n) is 6.30. The van der Waals surface area contributed by atoms with Crippen LogP contribution in [0.25, 0.3) is 44.6 Å². The molecule has 0 radical (unpaired) electrons. The largest absolute Gasteiger partial charge is 0.492 e. The monoisotopic (exact) mass is 533 g/mol. The molecule has 0 unspecified atom stereocenters. The molecule has 0 N–H and O–H groups in total. The zero-order valence-electron chi connectivity index (χ0n) is 20.7. The van der Waals surface area contributed by atoms with Crippen molar-refractivity contribution in [1.29, 1.82) is 0 Å². The van der Waals surface area contributed by atoms with Crippen molar-refractivity contribution in [3.05, 3.63) is 114 Å². The van der Waals surface area contributed by atoms with Gasteiger partial charge in [0.1, 0.15) is 17.5 Å². The fourth-order valence-corrected chi connectivity index (χ4v) is 4.69. The maximum atomic E-state index is 15.5. The molecule has 0 fully saturated rings. The second-order valence-corrected chi connectivity index (χ2v) is 8.49. The fourth-order valence-electron chi connectivity index (χ4n) is 4.69. The molecule has 0 aliphatic heterocycles. The Morgan fingerprint density at radius 3 is 1.82 bits per heavy atom. The number of pyridine rings is 1. The lowest BCUT2D eigenvalue weighted by Gasteiger charge is -2.26. The maximum Gasteiger partial charge on any atom is 0.170 e. The quantitative estimate of drug-likeness (QED) is 0.205. The minimum atomic E-state index is -1.22. The van der Waals surface area contributed by atoms with E-state index in [1.54, 1.807) is 24.3 Å². The summed E-state index contributed by atoms with van der Waals surface area (Å²) in [5, 5.41) is 0. The maximum absolute atomic E-state index is 15.5. The fraction of sp³-hybridized carbons (Fsp3) is 0.0645. The van der Waals surface area contributed by atoms with E-state index < -0.39 is 29.1 Å². The van der Waals surface area contributed by atoms with Crippen LogP contribution < -0.4 is 9.47 Å². The zero-order chi connectivity index (χ0) is 27.7. The number of nitrogens with zero attached hydrogens (tertiary/aromatic N) is 1. The van der Waals surface area contributed by atoms with Gasteiger partial charge in [0.2, 0.25) is 0 Å². The third kappa shape index (κ3) is 4.48. The Labute approximate surface area is 221 Å². The number of aromatic nitrogens is 1. The number of benzene rings is 4. The van der Waals surface area contributed by atoms with Crippen LogP contribution in [0, 0.1) is 29.1 Å². The molecule has 0 spiro atoms. The van der Waals surface area contributed by atoms with Gasteiger partial charge in [-0.2, -0.15) is 0 Å². The van der Waals surface area contributed by atoms with Gasteiger partial charge in [-0.15, -0.1) is 0 Å². The molecule has 0 atom stereocenters. The van der Waals surface area contributed by atoms with Crippen molar-refractivity contribution in [3.63, 3.8) is 0 Å². The average molecular weight is 533 g/mol. The lowest BCUT2D eigenvalue weighted by molar-refractivity contribution is 0.357. The van der Waals surface area contributed by atoms with Crippen LogP contribution in [0.1, 0.15) is 0 Å². The van der Waals surface area contributed by atoms with Crippen LogP contribution in [0.2, 0.25) is 0 Å². The van der Waals surface area contributed by atoms with Gasteiger partial charge in [0.05, 0.1) is 19.9 Å². The summed E-state index contributed by atoms with van der Waals surface area (Å²) in [7, 11) is 2.53. The van der Waals surface area contributed by atoms with Crippen molar-refractivity contribution < 1.29 is 31.4 Å². The number of hydrogen-bond acceptors (Lipinski definition) is 3. The molecule has 0 saturated carbocycles. The molecule has 0 aliphatic rings. The van der Waals surface area contributed by atoms with Crippen LogP contribution in [0.5, 0.6) is 11.5 Å². The molecular formula is C31H20F5NO2. The Hall–Kier alpha value is -4.72. The molecule has 3 nitrogen and oxygen atoms in total. The average Bonchev–Trinajstić information content (AvgIpc) is 2.95. The molecule has 5 rings (SSSR count). The van der Waals surface area contributed by atoms with E-state index in [2.05, 4.69) is 4.98 Å². The molecule has 1 aromatic heterocycles. The lowest BCUT2D eigenvalue weighted by atomic mass is 9.82. The van der Waals surface area contributed by atoms with Gasteiger partial charge >= 0.3 is 0 Å². The van der Waals surface area contributed by atoms with Gasteiger partial charge in [-0.25, -0.2) is 22.0 Å². The summed E-state index contributed by atoms with van der Waals surface area (Å²) < 4.78 is 86.8. The van der Waals surface area contributed by atoms with Crippen molar-refractivity contribution in [1.82, 2.24) is 4.98 Å². The number of rotatable bonds is 6. The molecule has 1 heterocycles. The lowest BCUT2D eigenvalue weighted by Crippen LogP contribution is -2.05. The highest BCUT2D eigenvalue weighted by molar-refractivity contribution is 6.06. The van der Waals surface area contributed by atoms with E-state index in [9.17, 15) is 8.78 Å². The van der Waals surface area contributed by atoms with Gasteiger partial charge < -0.3 is 9.47 Å². The predicted molar refractivity (Wildman–Crippen MR) is 139 cm³/mol. The van der Waals surface area contributed by atoms with E-state index in [0.717, 1.165) is 24.3 Å². The van der Waals surface area contributed by atoms with Gasteiger partial charge in [-0.3, -0.25) is 4.98 Å². The molecule has 0 saturated heterocycles. The van der Waals surface area contributed by atoms with E-state index in [4.69, 9.17) is 9.47 Å². The van der Waals surface area contributed by atoms with Crippen LogP contribution in [-0.4, -0.2) is 19.2 Å². The van der Waals surface area contributed by atoms with Gasteiger partial charge in [0, 0.05) is 45.1 Å². The first-order valence-electron chi connectivity index (χ1n) is 11.7. The predicted octanol–water partition coefficient (Wildman–Crippen LogP) is 8.46. The summed E-state index contributed by atoms with van der Waals surface area (Å²) in [6, 6.07) is 17.0. The summed E-state index contributed by atoms with van der Waals surface area (Å²) in [6.07, 6.45) is 1.46. The SMILES string of the molecule is COc1c(OC)c(-c2cccc(F)c2F)c(-c2ccccc2F)c(-c2ccccn2)c1-c1cc(F)ccc1F. The Morgan fingerprint density at radius 2 is 1.15 bits per heavy atom. The van der Waals surface area contributed by atoms with Crippen molar-refractivity contribution in [2.45, 2.75) is 0 Å². The minimum Gasteiger partial charge on any atom is -0.492 e. The van der Waals surface area contributed by atoms with E-state index >= 15 is 13.2 Å². The van der Waals surface area contributed by atoms with E-state index in [1.165, 1.54) is 50.7 Å². The summed E-state index contributed by atoms with van der Waals surface area (Å²) >= 11 is 0. The molecular weight excluding hydrogens is 513 g/mol. The number of ether oxygens (including phenoxy) is 2.